The standard InChI is InChI=1S/C15H25N3O2S/c1-5-10(12-17-7-8-21-12)18-13(19)15(16)9-11(20-6-2)14(15,3)4/h7-8,10-11H,5-6,9,16H2,1-4H3,(H,18,19). The molecule has 21 heavy (non-hydrogen) atoms. The Labute approximate surface area is 130 Å². The number of nitrogens with two attached hydrogens (primary N) is 1. The molecule has 3 unspecified atom stereocenters. The van der Waals surface area contributed by atoms with Crippen LogP contribution in [0.1, 0.15) is 51.6 Å². The van der Waals surface area contributed by atoms with Crippen LogP contribution in [0, 0.1) is 5.41 Å². The van der Waals surface area contributed by atoms with Gasteiger partial charge in [-0.1, -0.05) is 20.8 Å². The van der Waals surface area contributed by atoms with Gasteiger partial charge in [0, 0.05) is 30.0 Å². The van der Waals surface area contributed by atoms with Gasteiger partial charge in [-0.15, -0.1) is 11.3 Å². The Kier molecular flexibility index (Phi) is 4.70. The number of thiazole rings is 1. The fraction of sp³-hybridized carbons (Fsp3) is 0.733. The third kappa shape index (κ3) is 2.72. The first-order chi connectivity index (χ1) is 9.86. The third-order valence-corrected chi connectivity index (χ3v) is 5.59. The van der Waals surface area contributed by atoms with Gasteiger partial charge in [0.2, 0.25) is 5.91 Å². The Morgan fingerprint density at radius 3 is 2.81 bits per heavy atom. The summed E-state index contributed by atoms with van der Waals surface area (Å²) in [6.45, 7) is 8.64. The van der Waals surface area contributed by atoms with E-state index in [1.807, 2.05) is 33.1 Å². The Bertz CT molecular complexity index is 489. The average Bonchev–Trinajstić information content (AvgIpc) is 2.97. The molecule has 1 heterocycles. The van der Waals surface area contributed by atoms with E-state index in [2.05, 4.69) is 10.3 Å². The molecule has 6 heteroatoms. The minimum atomic E-state index is -0.877. The van der Waals surface area contributed by atoms with Gasteiger partial charge in [-0.05, 0) is 13.3 Å². The first-order valence-corrected chi connectivity index (χ1v) is 8.35. The minimum Gasteiger partial charge on any atom is -0.378 e. The van der Waals surface area contributed by atoms with Crippen molar-refractivity contribution < 1.29 is 9.53 Å². The van der Waals surface area contributed by atoms with Crippen LogP contribution in [0.25, 0.3) is 0 Å². The number of carbonyl (C=O) groups excluding carboxylic acids is 1. The van der Waals surface area contributed by atoms with Crippen LogP contribution in [0.15, 0.2) is 11.6 Å². The highest BCUT2D eigenvalue weighted by Crippen LogP contribution is 2.50. The zero-order valence-electron chi connectivity index (χ0n) is 13.2. The number of carbonyl (C=O) groups is 1. The quantitative estimate of drug-likeness (QED) is 0.844. The zero-order valence-corrected chi connectivity index (χ0v) is 14.0. The van der Waals surface area contributed by atoms with Gasteiger partial charge in [-0.2, -0.15) is 0 Å². The van der Waals surface area contributed by atoms with Gasteiger partial charge in [0.05, 0.1) is 12.1 Å². The molecule has 1 aromatic rings. The second-order valence-corrected chi connectivity index (χ2v) is 7.07. The van der Waals surface area contributed by atoms with Crippen molar-refractivity contribution >= 4 is 17.2 Å². The van der Waals surface area contributed by atoms with E-state index >= 15 is 0 Å². The Morgan fingerprint density at radius 2 is 2.33 bits per heavy atom. The van der Waals surface area contributed by atoms with E-state index in [4.69, 9.17) is 10.5 Å². The lowest BCUT2D eigenvalue weighted by Crippen LogP contribution is -2.75. The maximum atomic E-state index is 12.7. The highest BCUT2D eigenvalue weighted by Gasteiger charge is 2.63. The number of nitrogens with zero attached hydrogens (tertiary/aromatic N) is 1. The molecule has 1 aliphatic carbocycles. The molecule has 0 saturated heterocycles. The summed E-state index contributed by atoms with van der Waals surface area (Å²) in [6, 6.07) is -0.0696. The Morgan fingerprint density at radius 1 is 1.62 bits per heavy atom. The molecule has 0 aliphatic heterocycles. The van der Waals surface area contributed by atoms with Crippen molar-refractivity contribution in [1.29, 1.82) is 0 Å². The maximum absolute atomic E-state index is 12.7. The molecule has 3 atom stereocenters. The average molecular weight is 311 g/mol. The molecule has 5 nitrogen and oxygen atoms in total. The van der Waals surface area contributed by atoms with Gasteiger partial charge in [-0.3, -0.25) is 4.79 Å². The van der Waals surface area contributed by atoms with Crippen LogP contribution >= 0.6 is 11.3 Å². The van der Waals surface area contributed by atoms with Crippen molar-refractivity contribution in [3.8, 4) is 0 Å². The van der Waals surface area contributed by atoms with Crippen LogP contribution < -0.4 is 11.1 Å². The molecule has 2 rings (SSSR count). The van der Waals surface area contributed by atoms with Gasteiger partial charge in [0.1, 0.15) is 10.5 Å². The van der Waals surface area contributed by atoms with Gasteiger partial charge in [0.25, 0.3) is 0 Å². The molecule has 1 aliphatic rings. The van der Waals surface area contributed by atoms with E-state index in [0.717, 1.165) is 11.4 Å². The minimum absolute atomic E-state index is 0.0400. The largest absolute Gasteiger partial charge is 0.378 e. The maximum Gasteiger partial charge on any atom is 0.241 e. The number of nitrogens with one attached hydrogen (secondary N) is 1. The third-order valence-electron chi connectivity index (χ3n) is 4.70. The van der Waals surface area contributed by atoms with Crippen molar-refractivity contribution in [2.45, 2.75) is 58.2 Å². The van der Waals surface area contributed by atoms with E-state index in [1.54, 1.807) is 17.5 Å². The first-order valence-electron chi connectivity index (χ1n) is 7.47. The molecule has 0 radical (unpaired) electrons. The van der Waals surface area contributed by atoms with Gasteiger partial charge in [0.15, 0.2) is 0 Å². The second-order valence-electron chi connectivity index (χ2n) is 6.15. The normalized spacial score (nSPS) is 28.7. The lowest BCUT2D eigenvalue weighted by molar-refractivity contribution is -0.171. The van der Waals surface area contributed by atoms with Gasteiger partial charge >= 0.3 is 0 Å². The van der Waals surface area contributed by atoms with E-state index < -0.39 is 5.54 Å². The lowest BCUT2D eigenvalue weighted by atomic mass is 9.54. The zero-order chi connectivity index (χ0) is 15.7. The van der Waals surface area contributed by atoms with Crippen LogP contribution in [0.3, 0.4) is 0 Å². The summed E-state index contributed by atoms with van der Waals surface area (Å²) in [6.07, 6.45) is 3.16. The smallest absolute Gasteiger partial charge is 0.241 e. The number of ether oxygens (including phenoxy) is 1. The number of amides is 1. The van der Waals surface area contributed by atoms with Crippen molar-refractivity contribution in [3.63, 3.8) is 0 Å². The summed E-state index contributed by atoms with van der Waals surface area (Å²) in [5.74, 6) is -0.106. The molecule has 3 N–H and O–H groups in total. The lowest BCUT2D eigenvalue weighted by Gasteiger charge is -2.57. The molecule has 1 amide bonds. The summed E-state index contributed by atoms with van der Waals surface area (Å²) < 4.78 is 5.67. The molecular formula is C15H25N3O2S. The predicted octanol–water partition coefficient (Wildman–Crippen LogP) is 2.24. The SMILES string of the molecule is CCOC1CC(N)(C(=O)NC(CC)c2nccs2)C1(C)C. The molecule has 0 aromatic carbocycles. The van der Waals surface area contributed by atoms with Crippen LogP contribution in [0.4, 0.5) is 0 Å². The van der Waals surface area contributed by atoms with E-state index in [9.17, 15) is 4.79 Å². The first kappa shape index (κ1) is 16.4. The fourth-order valence-corrected chi connectivity index (χ4v) is 3.63. The highest BCUT2D eigenvalue weighted by atomic mass is 32.1. The van der Waals surface area contributed by atoms with Crippen LogP contribution in [-0.2, 0) is 9.53 Å². The molecule has 0 bridgehead atoms. The molecule has 118 valence electrons. The summed E-state index contributed by atoms with van der Waals surface area (Å²) in [4.78, 5) is 16.9. The van der Waals surface area contributed by atoms with Crippen molar-refractivity contribution in [1.82, 2.24) is 10.3 Å². The van der Waals surface area contributed by atoms with E-state index in [1.165, 1.54) is 0 Å². The summed E-state index contributed by atoms with van der Waals surface area (Å²) >= 11 is 1.55. The summed E-state index contributed by atoms with van der Waals surface area (Å²) in [5.41, 5.74) is 5.15. The Balaban J connectivity index is 2.06. The monoisotopic (exact) mass is 311 g/mol. The highest BCUT2D eigenvalue weighted by molar-refractivity contribution is 7.09. The number of hydrogen-bond acceptors (Lipinski definition) is 5. The van der Waals surface area contributed by atoms with Crippen molar-refractivity contribution in [2.24, 2.45) is 11.1 Å². The van der Waals surface area contributed by atoms with Crippen molar-refractivity contribution in [2.75, 3.05) is 6.61 Å². The van der Waals surface area contributed by atoms with Crippen LogP contribution in [0.2, 0.25) is 0 Å². The number of rotatable bonds is 6. The molecule has 1 saturated carbocycles. The van der Waals surface area contributed by atoms with Crippen molar-refractivity contribution in [3.05, 3.63) is 16.6 Å². The molecular weight excluding hydrogens is 286 g/mol. The van der Waals surface area contributed by atoms with E-state index in [0.29, 0.717) is 13.0 Å². The van der Waals surface area contributed by atoms with Gasteiger partial charge in [-0.25, -0.2) is 4.98 Å². The second kappa shape index (κ2) is 6.02. The molecule has 1 fully saturated rings. The fourth-order valence-electron chi connectivity index (χ4n) is 2.85. The molecule has 0 spiro atoms. The van der Waals surface area contributed by atoms with Crippen LogP contribution in [0.5, 0.6) is 0 Å². The predicted molar refractivity (Wildman–Crippen MR) is 84.0 cm³/mol. The molecule has 1 aromatic heterocycles. The number of aromatic nitrogens is 1. The summed E-state index contributed by atoms with van der Waals surface area (Å²) in [7, 11) is 0. The summed E-state index contributed by atoms with van der Waals surface area (Å²) in [5, 5.41) is 5.90. The topological polar surface area (TPSA) is 77.2 Å². The van der Waals surface area contributed by atoms with Crippen LogP contribution in [-0.4, -0.2) is 29.1 Å². The Hall–Kier alpha value is -0.980. The number of hydrogen-bond donors (Lipinski definition) is 2. The van der Waals surface area contributed by atoms with Gasteiger partial charge < -0.3 is 15.8 Å². The van der Waals surface area contributed by atoms with E-state index in [-0.39, 0.29) is 23.5 Å².